The van der Waals surface area contributed by atoms with Gasteiger partial charge in [-0.1, -0.05) is 30.7 Å². The van der Waals surface area contributed by atoms with Gasteiger partial charge in [0.2, 0.25) is 5.91 Å². The van der Waals surface area contributed by atoms with Crippen LogP contribution in [0.2, 0.25) is 0 Å². The van der Waals surface area contributed by atoms with Crippen LogP contribution in [0.5, 0.6) is 0 Å². The summed E-state index contributed by atoms with van der Waals surface area (Å²) < 4.78 is 1.11. The molecule has 122 valence electrons. The number of carbonyl (C=O) groups is 2. The van der Waals surface area contributed by atoms with Crippen LogP contribution in [0.15, 0.2) is 29.1 Å². The minimum Gasteiger partial charge on any atom is -0.480 e. The molecule has 0 bridgehead atoms. The molecule has 1 heterocycles. The zero-order valence-electron chi connectivity index (χ0n) is 12.7. The number of fused-ring (bicyclic) bond motifs is 1. The summed E-state index contributed by atoms with van der Waals surface area (Å²) >= 11 is 0. The molecule has 2 rings (SSSR count). The predicted octanol–water partition coefficient (Wildman–Crippen LogP) is 0.551. The first-order chi connectivity index (χ1) is 11.0. The predicted molar refractivity (Wildman–Crippen MR) is 82.9 cm³/mol. The first-order valence-corrected chi connectivity index (χ1v) is 7.37. The van der Waals surface area contributed by atoms with Crippen LogP contribution in [0.1, 0.15) is 26.2 Å². The van der Waals surface area contributed by atoms with Crippen molar-refractivity contribution in [1.29, 1.82) is 0 Å². The lowest BCUT2D eigenvalue weighted by Crippen LogP contribution is -2.41. The fourth-order valence-corrected chi connectivity index (χ4v) is 2.19. The van der Waals surface area contributed by atoms with Crippen LogP contribution >= 0.6 is 0 Å². The van der Waals surface area contributed by atoms with Crippen LogP contribution < -0.4 is 10.9 Å². The molecule has 1 aromatic carbocycles. The summed E-state index contributed by atoms with van der Waals surface area (Å²) in [6, 6.07) is 5.90. The monoisotopic (exact) mass is 318 g/mol. The van der Waals surface area contributed by atoms with E-state index in [4.69, 9.17) is 5.11 Å². The Kier molecular flexibility index (Phi) is 5.40. The molecule has 0 saturated heterocycles. The molecule has 1 aromatic heterocycles. The average Bonchev–Trinajstić information content (AvgIpc) is 2.54. The summed E-state index contributed by atoms with van der Waals surface area (Å²) in [5.41, 5.74) is 0.166. The highest BCUT2D eigenvalue weighted by molar-refractivity contribution is 5.83. The van der Waals surface area contributed by atoms with Gasteiger partial charge in [-0.3, -0.25) is 9.59 Å². The number of aliphatic carboxylic acids is 1. The van der Waals surface area contributed by atoms with Crippen molar-refractivity contribution in [3.8, 4) is 0 Å². The SMILES string of the molecule is CCC[C@@H](NC(=O)CCn1nnc2ccccc2c1=O)C(=O)O. The molecule has 1 atom stereocenters. The molecule has 1 amide bonds. The van der Waals surface area contributed by atoms with Gasteiger partial charge in [-0.15, -0.1) is 5.10 Å². The van der Waals surface area contributed by atoms with Crippen LogP contribution in [0.4, 0.5) is 0 Å². The average molecular weight is 318 g/mol. The van der Waals surface area contributed by atoms with Crippen molar-refractivity contribution in [3.63, 3.8) is 0 Å². The number of nitrogens with zero attached hydrogens (tertiary/aromatic N) is 3. The van der Waals surface area contributed by atoms with Gasteiger partial charge in [-0.05, 0) is 18.6 Å². The molecule has 23 heavy (non-hydrogen) atoms. The molecular formula is C15H18N4O4. The van der Waals surface area contributed by atoms with E-state index in [9.17, 15) is 14.4 Å². The second-order valence-electron chi connectivity index (χ2n) is 5.13. The molecule has 2 N–H and O–H groups in total. The Labute approximate surface area is 132 Å². The highest BCUT2D eigenvalue weighted by atomic mass is 16.4. The Bertz CT molecular complexity index is 771. The lowest BCUT2D eigenvalue weighted by Gasteiger charge is -2.13. The van der Waals surface area contributed by atoms with E-state index in [0.29, 0.717) is 23.7 Å². The van der Waals surface area contributed by atoms with Crippen LogP contribution in [-0.4, -0.2) is 38.0 Å². The molecule has 2 aromatic rings. The lowest BCUT2D eigenvalue weighted by atomic mass is 10.1. The van der Waals surface area contributed by atoms with E-state index in [0.717, 1.165) is 4.68 Å². The highest BCUT2D eigenvalue weighted by Gasteiger charge is 2.18. The molecule has 0 fully saturated rings. The molecular weight excluding hydrogens is 300 g/mol. The van der Waals surface area contributed by atoms with Crippen LogP contribution in [0, 0.1) is 0 Å². The van der Waals surface area contributed by atoms with E-state index in [1.165, 1.54) is 0 Å². The second-order valence-corrected chi connectivity index (χ2v) is 5.13. The number of amides is 1. The fourth-order valence-electron chi connectivity index (χ4n) is 2.19. The summed E-state index contributed by atoms with van der Waals surface area (Å²) in [6.45, 7) is 1.88. The number of carboxylic acid groups (broad SMARTS) is 1. The van der Waals surface area contributed by atoms with Crippen LogP contribution in [0.3, 0.4) is 0 Å². The normalized spacial score (nSPS) is 12.0. The van der Waals surface area contributed by atoms with Gasteiger partial charge in [0, 0.05) is 6.42 Å². The van der Waals surface area contributed by atoms with Crippen molar-refractivity contribution in [2.75, 3.05) is 0 Å². The van der Waals surface area contributed by atoms with E-state index in [-0.39, 0.29) is 18.5 Å². The third kappa shape index (κ3) is 4.12. The van der Waals surface area contributed by atoms with Gasteiger partial charge in [0.15, 0.2) is 0 Å². The molecule has 0 aliphatic carbocycles. The second kappa shape index (κ2) is 7.48. The van der Waals surface area contributed by atoms with Crippen LogP contribution in [0.25, 0.3) is 10.9 Å². The van der Waals surface area contributed by atoms with E-state index in [1.54, 1.807) is 24.3 Å². The standard InChI is InChI=1S/C15H18N4O4/c1-2-5-12(15(22)23)16-13(20)8-9-19-14(21)10-6-3-4-7-11(10)17-18-19/h3-4,6-7,12H,2,5,8-9H2,1H3,(H,16,20)(H,22,23)/t12-/m1/s1. The number of benzene rings is 1. The number of nitrogens with one attached hydrogen (secondary N) is 1. The summed E-state index contributed by atoms with van der Waals surface area (Å²) in [5, 5.41) is 19.6. The van der Waals surface area contributed by atoms with Crippen molar-refractivity contribution < 1.29 is 14.7 Å². The molecule has 0 radical (unpaired) electrons. The third-order valence-electron chi connectivity index (χ3n) is 3.39. The molecule has 0 aliphatic rings. The Morgan fingerprint density at radius 1 is 1.35 bits per heavy atom. The van der Waals surface area contributed by atoms with E-state index in [2.05, 4.69) is 15.6 Å². The smallest absolute Gasteiger partial charge is 0.326 e. The zero-order valence-corrected chi connectivity index (χ0v) is 12.7. The number of hydrogen-bond donors (Lipinski definition) is 2. The van der Waals surface area contributed by atoms with E-state index >= 15 is 0 Å². The number of carbonyl (C=O) groups excluding carboxylic acids is 1. The molecule has 8 nitrogen and oxygen atoms in total. The minimum atomic E-state index is -1.07. The summed E-state index contributed by atoms with van der Waals surface area (Å²) in [4.78, 5) is 35.1. The Morgan fingerprint density at radius 3 is 2.78 bits per heavy atom. The molecule has 0 aliphatic heterocycles. The fraction of sp³-hybridized carbons (Fsp3) is 0.400. The maximum Gasteiger partial charge on any atom is 0.326 e. The van der Waals surface area contributed by atoms with Crippen molar-refractivity contribution in [2.45, 2.75) is 38.8 Å². The van der Waals surface area contributed by atoms with Gasteiger partial charge in [-0.25, -0.2) is 9.48 Å². The Balaban J connectivity index is 2.03. The Hall–Kier alpha value is -2.77. The van der Waals surface area contributed by atoms with Gasteiger partial charge >= 0.3 is 5.97 Å². The lowest BCUT2D eigenvalue weighted by molar-refractivity contribution is -0.142. The van der Waals surface area contributed by atoms with E-state index in [1.807, 2.05) is 6.92 Å². The molecule has 0 spiro atoms. The first-order valence-electron chi connectivity index (χ1n) is 7.37. The van der Waals surface area contributed by atoms with Crippen molar-refractivity contribution in [2.24, 2.45) is 0 Å². The number of carboxylic acids is 1. The van der Waals surface area contributed by atoms with Gasteiger partial charge < -0.3 is 10.4 Å². The van der Waals surface area contributed by atoms with Gasteiger partial charge in [0.1, 0.15) is 11.6 Å². The van der Waals surface area contributed by atoms with Crippen molar-refractivity contribution in [1.82, 2.24) is 20.3 Å². The minimum absolute atomic E-state index is 0.0412. The summed E-state index contributed by atoms with van der Waals surface area (Å²) in [7, 11) is 0. The van der Waals surface area contributed by atoms with Gasteiger partial charge in [-0.2, -0.15) is 0 Å². The molecule has 8 heteroatoms. The summed E-state index contributed by atoms with van der Waals surface area (Å²) in [5.74, 6) is -1.50. The number of rotatable bonds is 7. The largest absolute Gasteiger partial charge is 0.480 e. The van der Waals surface area contributed by atoms with Gasteiger partial charge in [0.25, 0.3) is 5.56 Å². The van der Waals surface area contributed by atoms with Crippen LogP contribution in [-0.2, 0) is 16.1 Å². The van der Waals surface area contributed by atoms with E-state index < -0.39 is 17.9 Å². The summed E-state index contributed by atoms with van der Waals surface area (Å²) in [6.07, 6.45) is 0.962. The zero-order chi connectivity index (χ0) is 16.8. The maximum absolute atomic E-state index is 12.2. The number of aryl methyl sites for hydroxylation is 1. The number of hydrogen-bond acceptors (Lipinski definition) is 5. The maximum atomic E-state index is 12.2. The Morgan fingerprint density at radius 2 is 2.09 bits per heavy atom. The quantitative estimate of drug-likeness (QED) is 0.770. The first kappa shape index (κ1) is 16.6. The van der Waals surface area contributed by atoms with Crippen molar-refractivity contribution in [3.05, 3.63) is 34.6 Å². The molecule has 0 saturated carbocycles. The third-order valence-corrected chi connectivity index (χ3v) is 3.39. The van der Waals surface area contributed by atoms with Crippen molar-refractivity contribution >= 4 is 22.8 Å². The molecule has 0 unspecified atom stereocenters. The topological polar surface area (TPSA) is 114 Å². The van der Waals surface area contributed by atoms with Gasteiger partial charge in [0.05, 0.1) is 11.9 Å². The number of aromatic nitrogens is 3. The highest BCUT2D eigenvalue weighted by Crippen LogP contribution is 2.03.